The number of amides is 1. The van der Waals surface area contributed by atoms with Gasteiger partial charge in [-0.3, -0.25) is 10.1 Å². The fraction of sp³-hybridized carbons (Fsp3) is 0.529. The highest BCUT2D eigenvalue weighted by Gasteiger charge is 2.15. The first-order chi connectivity index (χ1) is 12.9. The number of nitrogens with one attached hydrogen (secondary N) is 4. The number of aromatic nitrogens is 3. The van der Waals surface area contributed by atoms with Gasteiger partial charge in [0.1, 0.15) is 11.4 Å². The van der Waals surface area contributed by atoms with Crippen molar-refractivity contribution in [1.29, 1.82) is 0 Å². The molecule has 0 aliphatic rings. The fourth-order valence-electron chi connectivity index (χ4n) is 2.10. The molecule has 0 saturated heterocycles. The Morgan fingerprint density at radius 1 is 1.26 bits per heavy atom. The highest BCUT2D eigenvalue weighted by molar-refractivity contribution is 5.79. The molecule has 0 fully saturated rings. The van der Waals surface area contributed by atoms with Crippen molar-refractivity contribution in [2.24, 2.45) is 4.99 Å². The van der Waals surface area contributed by atoms with Crippen LogP contribution in [0.5, 0.6) is 0 Å². The van der Waals surface area contributed by atoms with Crippen molar-refractivity contribution in [2.45, 2.75) is 32.8 Å². The molecule has 1 amide bonds. The molecule has 0 atom stereocenters. The van der Waals surface area contributed by atoms with Gasteiger partial charge >= 0.3 is 6.09 Å². The minimum atomic E-state index is -0.507. The summed E-state index contributed by atoms with van der Waals surface area (Å²) in [6, 6.07) is 3.60. The van der Waals surface area contributed by atoms with Gasteiger partial charge in [-0.15, -0.1) is 0 Å². The molecule has 0 unspecified atom stereocenters. The molecule has 10 nitrogen and oxygen atoms in total. The summed E-state index contributed by atoms with van der Waals surface area (Å²) in [5, 5.41) is 16.0. The number of nitrogens with zero attached hydrogens (tertiary/aromatic N) is 3. The number of guanidine groups is 1. The number of ether oxygens (including phenoxy) is 1. The van der Waals surface area contributed by atoms with E-state index in [1.807, 2.05) is 26.8 Å². The largest absolute Gasteiger partial charge is 0.461 e. The molecule has 4 N–H and O–H groups in total. The summed E-state index contributed by atoms with van der Waals surface area (Å²) >= 11 is 0. The smallest absolute Gasteiger partial charge is 0.407 e. The Balaban J connectivity index is 1.64. The second-order valence-electron chi connectivity index (χ2n) is 6.69. The number of carbonyl (C=O) groups excluding carboxylic acids is 1. The average Bonchev–Trinajstić information content (AvgIpc) is 3.26. The van der Waals surface area contributed by atoms with Gasteiger partial charge in [0.2, 0.25) is 5.82 Å². The van der Waals surface area contributed by atoms with Crippen molar-refractivity contribution in [3.05, 3.63) is 24.2 Å². The van der Waals surface area contributed by atoms with Gasteiger partial charge < -0.3 is 25.1 Å². The lowest BCUT2D eigenvalue weighted by Crippen LogP contribution is -2.43. The van der Waals surface area contributed by atoms with E-state index in [0.717, 1.165) is 5.82 Å². The Morgan fingerprint density at radius 2 is 2.00 bits per heavy atom. The molecule has 0 aliphatic heterocycles. The molecule has 2 aromatic rings. The van der Waals surface area contributed by atoms with Crippen LogP contribution in [0.25, 0.3) is 11.6 Å². The minimum absolute atomic E-state index is 0.421. The monoisotopic (exact) mass is 377 g/mol. The number of furan rings is 1. The Kier molecular flexibility index (Phi) is 7.21. The summed E-state index contributed by atoms with van der Waals surface area (Å²) in [6.45, 7) is 7.02. The molecule has 2 heterocycles. The molecule has 0 radical (unpaired) electrons. The third-order valence-electron chi connectivity index (χ3n) is 3.24. The van der Waals surface area contributed by atoms with Gasteiger partial charge in [-0.2, -0.15) is 5.10 Å². The zero-order valence-electron chi connectivity index (χ0n) is 16.1. The van der Waals surface area contributed by atoms with Crippen LogP contribution in [0.2, 0.25) is 0 Å². The van der Waals surface area contributed by atoms with Crippen LogP contribution in [0.1, 0.15) is 26.6 Å². The molecule has 0 spiro atoms. The predicted octanol–water partition coefficient (Wildman–Crippen LogP) is 1.30. The van der Waals surface area contributed by atoms with E-state index >= 15 is 0 Å². The quantitative estimate of drug-likeness (QED) is 0.325. The summed E-state index contributed by atoms with van der Waals surface area (Å²) < 4.78 is 10.4. The normalized spacial score (nSPS) is 11.9. The average molecular weight is 377 g/mol. The van der Waals surface area contributed by atoms with Crippen LogP contribution in [-0.4, -0.2) is 59.5 Å². The van der Waals surface area contributed by atoms with E-state index < -0.39 is 11.7 Å². The SMILES string of the molecule is CN=C(NCCNC(=O)OC(C)(C)C)NCCc1nc(-c2ccco2)n[nH]1. The minimum Gasteiger partial charge on any atom is -0.461 e. The first kappa shape index (κ1) is 20.3. The number of alkyl carbamates (subject to hydrolysis) is 1. The number of carbonyl (C=O) groups is 1. The molecule has 148 valence electrons. The summed E-state index contributed by atoms with van der Waals surface area (Å²) in [4.78, 5) is 20.1. The van der Waals surface area contributed by atoms with E-state index in [4.69, 9.17) is 9.15 Å². The maximum absolute atomic E-state index is 11.6. The Hall–Kier alpha value is -3.04. The number of hydrogen-bond donors (Lipinski definition) is 4. The van der Waals surface area contributed by atoms with Gasteiger partial charge in [-0.1, -0.05) is 0 Å². The number of aliphatic imine (C=N–C) groups is 1. The summed E-state index contributed by atoms with van der Waals surface area (Å²) in [7, 11) is 1.68. The molecule has 0 aromatic carbocycles. The van der Waals surface area contributed by atoms with Gasteiger partial charge in [0.25, 0.3) is 0 Å². The lowest BCUT2D eigenvalue weighted by Gasteiger charge is -2.19. The molecule has 0 bridgehead atoms. The van der Waals surface area contributed by atoms with Crippen LogP contribution < -0.4 is 16.0 Å². The van der Waals surface area contributed by atoms with E-state index in [0.29, 0.717) is 43.6 Å². The number of H-pyrrole nitrogens is 1. The highest BCUT2D eigenvalue weighted by Crippen LogP contribution is 2.14. The van der Waals surface area contributed by atoms with E-state index in [2.05, 4.69) is 36.1 Å². The summed E-state index contributed by atoms with van der Waals surface area (Å²) in [5.74, 6) is 2.54. The van der Waals surface area contributed by atoms with Crippen LogP contribution in [0.3, 0.4) is 0 Å². The first-order valence-electron chi connectivity index (χ1n) is 8.74. The second-order valence-corrected chi connectivity index (χ2v) is 6.69. The summed E-state index contributed by atoms with van der Waals surface area (Å²) in [5.41, 5.74) is -0.507. The number of rotatable bonds is 7. The molecule has 0 saturated carbocycles. The number of aromatic amines is 1. The first-order valence-corrected chi connectivity index (χ1v) is 8.74. The predicted molar refractivity (Wildman–Crippen MR) is 101 cm³/mol. The lowest BCUT2D eigenvalue weighted by atomic mass is 10.2. The Morgan fingerprint density at radius 3 is 2.67 bits per heavy atom. The molecular formula is C17H27N7O3. The topological polar surface area (TPSA) is 129 Å². The van der Waals surface area contributed by atoms with E-state index in [1.165, 1.54) is 0 Å². The zero-order chi connectivity index (χ0) is 19.7. The van der Waals surface area contributed by atoms with Gasteiger partial charge in [0.05, 0.1) is 6.26 Å². The third kappa shape index (κ3) is 7.38. The fourth-order valence-corrected chi connectivity index (χ4v) is 2.10. The maximum atomic E-state index is 11.6. The standard InChI is InChI=1S/C17H27N7O3/c1-17(2,3)27-16(25)21-10-9-20-15(18-4)19-8-7-13-22-14(24-23-13)12-6-5-11-26-12/h5-6,11H,7-10H2,1-4H3,(H,21,25)(H2,18,19,20)(H,22,23,24). The molecule has 0 aliphatic carbocycles. The summed E-state index contributed by atoms with van der Waals surface area (Å²) in [6.07, 6.45) is 1.79. The van der Waals surface area contributed by atoms with Crippen LogP contribution >= 0.6 is 0 Å². The molecule has 2 aromatic heterocycles. The van der Waals surface area contributed by atoms with Crippen LogP contribution in [0.4, 0.5) is 4.79 Å². The molecule has 27 heavy (non-hydrogen) atoms. The Bertz CT molecular complexity index is 732. The number of hydrogen-bond acceptors (Lipinski definition) is 6. The maximum Gasteiger partial charge on any atom is 0.407 e. The Labute approximate surface area is 158 Å². The van der Waals surface area contributed by atoms with Crippen molar-refractivity contribution in [3.63, 3.8) is 0 Å². The van der Waals surface area contributed by atoms with Crippen molar-refractivity contribution >= 4 is 12.1 Å². The van der Waals surface area contributed by atoms with Crippen molar-refractivity contribution in [1.82, 2.24) is 31.1 Å². The van der Waals surface area contributed by atoms with Gasteiger partial charge in [0, 0.05) is 33.1 Å². The lowest BCUT2D eigenvalue weighted by molar-refractivity contribution is 0.0529. The molecule has 2 rings (SSSR count). The molecule has 10 heteroatoms. The van der Waals surface area contributed by atoms with Crippen LogP contribution in [0, 0.1) is 0 Å². The van der Waals surface area contributed by atoms with E-state index in [9.17, 15) is 4.79 Å². The van der Waals surface area contributed by atoms with Gasteiger partial charge in [0.15, 0.2) is 11.7 Å². The molecular weight excluding hydrogens is 350 g/mol. The zero-order valence-corrected chi connectivity index (χ0v) is 16.1. The second kappa shape index (κ2) is 9.60. The van der Waals surface area contributed by atoms with Crippen LogP contribution in [0.15, 0.2) is 27.8 Å². The third-order valence-corrected chi connectivity index (χ3v) is 3.24. The van der Waals surface area contributed by atoms with Crippen molar-refractivity contribution in [2.75, 3.05) is 26.7 Å². The van der Waals surface area contributed by atoms with E-state index in [1.54, 1.807) is 19.4 Å². The highest BCUT2D eigenvalue weighted by atomic mass is 16.6. The van der Waals surface area contributed by atoms with Crippen LogP contribution in [-0.2, 0) is 11.2 Å². The van der Waals surface area contributed by atoms with Crippen molar-refractivity contribution < 1.29 is 13.9 Å². The van der Waals surface area contributed by atoms with Crippen molar-refractivity contribution in [3.8, 4) is 11.6 Å². The van der Waals surface area contributed by atoms with Gasteiger partial charge in [-0.25, -0.2) is 9.78 Å². The van der Waals surface area contributed by atoms with E-state index in [-0.39, 0.29) is 0 Å². The van der Waals surface area contributed by atoms with Gasteiger partial charge in [-0.05, 0) is 32.9 Å².